The van der Waals surface area contributed by atoms with Crippen molar-refractivity contribution in [3.8, 4) is 11.8 Å². The molecular weight excluding hydrogens is 298 g/mol. The molecule has 2 unspecified atom stereocenters. The maximum Gasteiger partial charge on any atom is 0.120 e. The van der Waals surface area contributed by atoms with Crippen molar-refractivity contribution in [2.45, 2.75) is 63.8 Å². The molecule has 24 heavy (non-hydrogen) atoms. The fourth-order valence-corrected chi connectivity index (χ4v) is 4.25. The third-order valence-electron chi connectivity index (χ3n) is 5.49. The summed E-state index contributed by atoms with van der Waals surface area (Å²) in [4.78, 5) is 2.46. The molecule has 0 radical (unpaired) electrons. The first-order valence-corrected chi connectivity index (χ1v) is 9.03. The average molecular weight is 327 g/mol. The monoisotopic (exact) mass is 327 g/mol. The van der Waals surface area contributed by atoms with Gasteiger partial charge in [0.1, 0.15) is 5.60 Å². The van der Waals surface area contributed by atoms with Gasteiger partial charge in [0.25, 0.3) is 0 Å². The van der Waals surface area contributed by atoms with E-state index in [9.17, 15) is 10.2 Å². The van der Waals surface area contributed by atoms with E-state index >= 15 is 0 Å². The molecule has 1 aromatic rings. The Morgan fingerprint density at radius 1 is 1.08 bits per heavy atom. The van der Waals surface area contributed by atoms with Gasteiger partial charge < -0.3 is 10.2 Å². The molecule has 3 nitrogen and oxygen atoms in total. The average Bonchev–Trinajstić information content (AvgIpc) is 3.03. The number of nitrogens with zero attached hydrogens (tertiary/aromatic N) is 1. The van der Waals surface area contributed by atoms with Crippen LogP contribution in [0.25, 0.3) is 0 Å². The molecule has 0 aliphatic heterocycles. The molecule has 2 aliphatic rings. The maximum absolute atomic E-state index is 9.77. The summed E-state index contributed by atoms with van der Waals surface area (Å²) in [7, 11) is 2.21. The Kier molecular flexibility index (Phi) is 5.01. The summed E-state index contributed by atoms with van der Waals surface area (Å²) in [6, 6.07) is 8.96. The van der Waals surface area contributed by atoms with Crippen LogP contribution in [0.5, 0.6) is 0 Å². The molecule has 2 aliphatic carbocycles. The predicted molar refractivity (Wildman–Crippen MR) is 96.3 cm³/mol. The Morgan fingerprint density at radius 2 is 1.67 bits per heavy atom. The lowest BCUT2D eigenvalue weighted by Crippen LogP contribution is -2.29. The molecule has 0 heterocycles. The molecule has 2 saturated carbocycles. The predicted octanol–water partition coefficient (Wildman–Crippen LogP) is 2.79. The number of hydrogen-bond acceptors (Lipinski definition) is 3. The quantitative estimate of drug-likeness (QED) is 0.839. The minimum absolute atomic E-state index is 0.0520. The highest BCUT2D eigenvalue weighted by atomic mass is 16.3. The van der Waals surface area contributed by atoms with E-state index < -0.39 is 5.60 Å². The Balaban J connectivity index is 1.55. The summed E-state index contributed by atoms with van der Waals surface area (Å²) < 4.78 is 0. The van der Waals surface area contributed by atoms with E-state index in [1.54, 1.807) is 13.8 Å². The van der Waals surface area contributed by atoms with Crippen LogP contribution in [0, 0.1) is 23.7 Å². The fourth-order valence-electron chi connectivity index (χ4n) is 4.25. The number of hydrogen-bond donors (Lipinski definition) is 2. The van der Waals surface area contributed by atoms with Gasteiger partial charge in [-0.3, -0.25) is 4.90 Å². The highest BCUT2D eigenvalue weighted by Gasteiger charge is 2.42. The van der Waals surface area contributed by atoms with Crippen molar-refractivity contribution in [3.63, 3.8) is 0 Å². The first-order chi connectivity index (χ1) is 11.3. The van der Waals surface area contributed by atoms with E-state index in [4.69, 9.17) is 0 Å². The van der Waals surface area contributed by atoms with Crippen LogP contribution in [0.3, 0.4) is 0 Å². The molecule has 130 valence electrons. The molecule has 0 bridgehead atoms. The van der Waals surface area contributed by atoms with Crippen LogP contribution in [0.2, 0.25) is 0 Å². The van der Waals surface area contributed by atoms with Gasteiger partial charge in [-0.25, -0.2) is 0 Å². The minimum atomic E-state index is -0.951. The van der Waals surface area contributed by atoms with E-state index in [0.717, 1.165) is 36.8 Å². The number of aliphatic hydroxyl groups is 2. The number of fused-ring (bicyclic) bond motifs is 1. The molecule has 0 spiro atoms. The van der Waals surface area contributed by atoms with Crippen molar-refractivity contribution in [1.29, 1.82) is 0 Å². The second-order valence-corrected chi connectivity index (χ2v) is 8.19. The van der Waals surface area contributed by atoms with Crippen LogP contribution >= 0.6 is 0 Å². The standard InChI is InChI=1S/C21H29NO2/c1-21(2,24)9-8-15-4-6-16(7-5-15)14-22(3)19-10-17-12-20(23)13-18(17)11-19/h4-7,17-20,23-24H,10-14H2,1-3H3/t17-,18+,19?,20?. The Bertz CT molecular complexity index is 606. The first kappa shape index (κ1) is 17.5. The van der Waals surface area contributed by atoms with Crippen molar-refractivity contribution >= 4 is 0 Å². The molecular formula is C21H29NO2. The molecule has 2 fully saturated rings. The smallest absolute Gasteiger partial charge is 0.120 e. The second kappa shape index (κ2) is 6.88. The maximum atomic E-state index is 9.77. The zero-order chi connectivity index (χ0) is 17.3. The van der Waals surface area contributed by atoms with Gasteiger partial charge in [-0.05, 0) is 76.1 Å². The lowest BCUT2D eigenvalue weighted by Gasteiger charge is -2.25. The van der Waals surface area contributed by atoms with Crippen LogP contribution in [0.4, 0.5) is 0 Å². The van der Waals surface area contributed by atoms with Gasteiger partial charge in [-0.2, -0.15) is 0 Å². The van der Waals surface area contributed by atoms with Crippen molar-refractivity contribution in [1.82, 2.24) is 4.90 Å². The van der Waals surface area contributed by atoms with Crippen LogP contribution < -0.4 is 0 Å². The lowest BCUT2D eigenvalue weighted by atomic mass is 10.0. The van der Waals surface area contributed by atoms with Crippen LogP contribution in [0.1, 0.15) is 50.7 Å². The van der Waals surface area contributed by atoms with Gasteiger partial charge in [-0.1, -0.05) is 24.0 Å². The van der Waals surface area contributed by atoms with E-state index in [2.05, 4.69) is 35.9 Å². The zero-order valence-corrected chi connectivity index (χ0v) is 15.0. The highest BCUT2D eigenvalue weighted by Crippen LogP contribution is 2.45. The summed E-state index contributed by atoms with van der Waals surface area (Å²) >= 11 is 0. The van der Waals surface area contributed by atoms with E-state index in [1.165, 1.54) is 18.4 Å². The largest absolute Gasteiger partial charge is 0.393 e. The van der Waals surface area contributed by atoms with Gasteiger partial charge >= 0.3 is 0 Å². The molecule has 4 atom stereocenters. The Hall–Kier alpha value is -1.34. The Labute approximate surface area is 145 Å². The SMILES string of the molecule is CN(Cc1ccc(C#CC(C)(C)O)cc1)C1C[C@H]2CC(O)C[C@H]2C1. The third kappa shape index (κ3) is 4.39. The molecule has 2 N–H and O–H groups in total. The van der Waals surface area contributed by atoms with E-state index in [1.807, 2.05) is 12.1 Å². The summed E-state index contributed by atoms with van der Waals surface area (Å²) in [6.45, 7) is 4.34. The topological polar surface area (TPSA) is 43.7 Å². The summed E-state index contributed by atoms with van der Waals surface area (Å²) in [5.41, 5.74) is 1.28. The lowest BCUT2D eigenvalue weighted by molar-refractivity contribution is 0.143. The van der Waals surface area contributed by atoms with Crippen molar-refractivity contribution < 1.29 is 10.2 Å². The fraction of sp³-hybridized carbons (Fsp3) is 0.619. The van der Waals surface area contributed by atoms with Crippen LogP contribution in [-0.2, 0) is 6.54 Å². The molecule has 0 saturated heterocycles. The van der Waals surface area contributed by atoms with Crippen LogP contribution in [0.15, 0.2) is 24.3 Å². The zero-order valence-electron chi connectivity index (χ0n) is 15.0. The number of benzene rings is 1. The number of rotatable bonds is 3. The summed E-state index contributed by atoms with van der Waals surface area (Å²) in [6.07, 6.45) is 4.41. The highest BCUT2D eigenvalue weighted by molar-refractivity contribution is 5.37. The van der Waals surface area contributed by atoms with Crippen molar-refractivity contribution in [2.75, 3.05) is 7.05 Å². The first-order valence-electron chi connectivity index (χ1n) is 9.03. The van der Waals surface area contributed by atoms with Gasteiger partial charge in [0.2, 0.25) is 0 Å². The van der Waals surface area contributed by atoms with Gasteiger partial charge in [0, 0.05) is 18.2 Å². The third-order valence-corrected chi connectivity index (χ3v) is 5.49. The summed E-state index contributed by atoms with van der Waals surface area (Å²) in [5.74, 6) is 7.32. The van der Waals surface area contributed by atoms with E-state index in [0.29, 0.717) is 6.04 Å². The molecule has 3 rings (SSSR count). The van der Waals surface area contributed by atoms with Gasteiger partial charge in [-0.15, -0.1) is 0 Å². The molecule has 1 aromatic carbocycles. The van der Waals surface area contributed by atoms with E-state index in [-0.39, 0.29) is 6.10 Å². The summed E-state index contributed by atoms with van der Waals surface area (Å²) in [5, 5.41) is 19.4. The van der Waals surface area contributed by atoms with Crippen LogP contribution in [-0.4, -0.2) is 39.9 Å². The molecule has 3 heteroatoms. The second-order valence-electron chi connectivity index (χ2n) is 8.19. The van der Waals surface area contributed by atoms with Gasteiger partial charge in [0.15, 0.2) is 0 Å². The van der Waals surface area contributed by atoms with Crippen molar-refractivity contribution in [2.24, 2.45) is 11.8 Å². The van der Waals surface area contributed by atoms with Gasteiger partial charge in [0.05, 0.1) is 6.10 Å². The van der Waals surface area contributed by atoms with Crippen molar-refractivity contribution in [3.05, 3.63) is 35.4 Å². The molecule has 0 aromatic heterocycles. The normalized spacial score (nSPS) is 29.4. The minimum Gasteiger partial charge on any atom is -0.393 e. The molecule has 0 amide bonds. The Morgan fingerprint density at radius 3 is 2.21 bits per heavy atom. The number of aliphatic hydroxyl groups excluding tert-OH is 1.